The normalized spacial score (nSPS) is 16.4. The lowest BCUT2D eigenvalue weighted by Crippen LogP contribution is -2.51. The van der Waals surface area contributed by atoms with Crippen LogP contribution < -0.4 is 10.6 Å². The molecule has 1 unspecified atom stereocenters. The molecule has 16 heteroatoms. The summed E-state index contributed by atoms with van der Waals surface area (Å²) in [7, 11) is 0. The van der Waals surface area contributed by atoms with Crippen molar-refractivity contribution in [3.63, 3.8) is 0 Å². The minimum atomic E-state index is -5.32. The number of nitrogens with one attached hydrogen (secondary N) is 2. The van der Waals surface area contributed by atoms with Gasteiger partial charge < -0.3 is 10.6 Å². The summed E-state index contributed by atoms with van der Waals surface area (Å²) in [5, 5.41) is 3.08. The minimum absolute atomic E-state index is 0.0153. The second kappa shape index (κ2) is 11.1. The maximum absolute atomic E-state index is 15.0. The van der Waals surface area contributed by atoms with Crippen LogP contribution in [0.3, 0.4) is 0 Å². The van der Waals surface area contributed by atoms with Crippen molar-refractivity contribution in [2.75, 3.05) is 6.54 Å². The van der Waals surface area contributed by atoms with E-state index in [9.17, 15) is 53.5 Å². The number of carbonyl (C=O) groups is 2. The molecule has 1 fully saturated rings. The largest absolute Gasteiger partial charge is 0.417 e. The molecular weight excluding hydrogens is 609 g/mol. The lowest BCUT2D eigenvalue weighted by atomic mass is 9.95. The van der Waals surface area contributed by atoms with E-state index < -0.39 is 76.4 Å². The van der Waals surface area contributed by atoms with Crippen LogP contribution in [0.2, 0.25) is 10.0 Å². The number of alkyl halides is 9. The van der Waals surface area contributed by atoms with Gasteiger partial charge in [0.05, 0.1) is 11.1 Å². The summed E-state index contributed by atoms with van der Waals surface area (Å²) < 4.78 is 135. The third-order valence-electron chi connectivity index (χ3n) is 5.74. The molecule has 2 amide bonds. The first-order valence-corrected chi connectivity index (χ1v) is 11.8. The fraction of sp³-hybridized carbons (Fsp3) is 0.333. The van der Waals surface area contributed by atoms with Crippen molar-refractivity contribution in [1.82, 2.24) is 10.6 Å². The molecule has 0 heterocycles. The summed E-state index contributed by atoms with van der Waals surface area (Å²) >= 11 is 11.4. The summed E-state index contributed by atoms with van der Waals surface area (Å²) in [6, 6.07) is 4.00. The van der Waals surface area contributed by atoms with Gasteiger partial charge in [0.1, 0.15) is 23.8 Å². The van der Waals surface area contributed by atoms with Gasteiger partial charge in [-0.1, -0.05) is 29.3 Å². The van der Waals surface area contributed by atoms with Crippen LogP contribution in [0, 0.1) is 0 Å². The number of rotatable bonds is 7. The molecule has 2 aromatic carbocycles. The first-order chi connectivity index (χ1) is 18.2. The number of amides is 2. The second-order valence-electron chi connectivity index (χ2n) is 8.83. The van der Waals surface area contributed by atoms with Gasteiger partial charge in [0.2, 0.25) is 5.91 Å². The summed E-state index contributed by atoms with van der Waals surface area (Å²) in [6.07, 6.45) is -15.5. The van der Waals surface area contributed by atoms with Crippen LogP contribution in [0.25, 0.3) is 5.83 Å². The van der Waals surface area contributed by atoms with Crippen molar-refractivity contribution in [3.8, 4) is 0 Å². The number of carbonyl (C=O) groups excluding carboxylic acids is 2. The highest BCUT2D eigenvalue weighted by Crippen LogP contribution is 2.42. The molecule has 1 atom stereocenters. The van der Waals surface area contributed by atoms with E-state index in [-0.39, 0.29) is 35.0 Å². The fourth-order valence-corrected chi connectivity index (χ4v) is 4.21. The van der Waals surface area contributed by atoms with E-state index >= 15 is 0 Å². The summed E-state index contributed by atoms with van der Waals surface area (Å²) in [6.45, 7) is -1.74. The summed E-state index contributed by atoms with van der Waals surface area (Å²) in [4.78, 5) is 24.7. The molecule has 0 aliphatic heterocycles. The van der Waals surface area contributed by atoms with Crippen LogP contribution in [-0.4, -0.2) is 36.3 Å². The van der Waals surface area contributed by atoms with Gasteiger partial charge in [0.25, 0.3) is 5.91 Å². The number of allylic oxidation sites excluding steroid dienone is 1. The van der Waals surface area contributed by atoms with Crippen LogP contribution in [-0.2, 0) is 11.0 Å². The van der Waals surface area contributed by atoms with E-state index in [2.05, 4.69) is 0 Å². The molecule has 0 aromatic heterocycles. The highest BCUT2D eigenvalue weighted by molar-refractivity contribution is 6.34. The van der Waals surface area contributed by atoms with Crippen LogP contribution in [0.1, 0.15) is 45.8 Å². The Balaban J connectivity index is 1.94. The van der Waals surface area contributed by atoms with Gasteiger partial charge >= 0.3 is 18.5 Å². The van der Waals surface area contributed by atoms with Crippen molar-refractivity contribution in [2.45, 2.75) is 42.8 Å². The van der Waals surface area contributed by atoms with E-state index in [4.69, 9.17) is 23.2 Å². The molecule has 0 bridgehead atoms. The maximum atomic E-state index is 15.0. The van der Waals surface area contributed by atoms with Crippen molar-refractivity contribution in [1.29, 1.82) is 0 Å². The monoisotopic (exact) mass is 624 g/mol. The third-order valence-corrected chi connectivity index (χ3v) is 6.18. The second-order valence-corrected chi connectivity index (χ2v) is 9.70. The van der Waals surface area contributed by atoms with Crippen LogP contribution in [0.4, 0.5) is 43.9 Å². The molecule has 0 radical (unpaired) electrons. The third kappa shape index (κ3) is 7.80. The molecule has 4 nitrogen and oxygen atoms in total. The predicted octanol–water partition coefficient (Wildman–Crippen LogP) is 7.61. The quantitative estimate of drug-likeness (QED) is 0.312. The van der Waals surface area contributed by atoms with Gasteiger partial charge in [0, 0.05) is 15.6 Å². The molecule has 0 saturated heterocycles. The topological polar surface area (TPSA) is 58.2 Å². The van der Waals surface area contributed by atoms with Gasteiger partial charge in [-0.25, -0.2) is 4.39 Å². The van der Waals surface area contributed by atoms with Crippen molar-refractivity contribution < 1.29 is 53.5 Å². The summed E-state index contributed by atoms with van der Waals surface area (Å²) in [5.41, 5.74) is -6.33. The van der Waals surface area contributed by atoms with Crippen LogP contribution >= 0.6 is 23.2 Å². The Labute approximate surface area is 229 Å². The average molecular weight is 625 g/mol. The van der Waals surface area contributed by atoms with E-state index in [1.165, 1.54) is 5.32 Å². The number of benzene rings is 2. The Morgan fingerprint density at radius 3 is 1.98 bits per heavy atom. The number of halogens is 12. The zero-order valence-electron chi connectivity index (χ0n) is 19.6. The number of hydrogen-bond acceptors (Lipinski definition) is 2. The van der Waals surface area contributed by atoms with Gasteiger partial charge in [-0.15, -0.1) is 0 Å². The van der Waals surface area contributed by atoms with E-state index in [1.807, 2.05) is 5.32 Å². The van der Waals surface area contributed by atoms with Crippen molar-refractivity contribution in [3.05, 3.63) is 74.8 Å². The van der Waals surface area contributed by atoms with Crippen LogP contribution in [0.15, 0.2) is 42.5 Å². The average Bonchev–Trinajstić information content (AvgIpc) is 3.58. The highest BCUT2D eigenvalue weighted by Gasteiger charge is 2.52. The summed E-state index contributed by atoms with van der Waals surface area (Å²) in [5.74, 6) is -7.16. The van der Waals surface area contributed by atoms with Crippen molar-refractivity contribution in [2.24, 2.45) is 0 Å². The Kier molecular flexibility index (Phi) is 8.76. The molecule has 2 N–H and O–H groups in total. The predicted molar refractivity (Wildman–Crippen MR) is 124 cm³/mol. The molecule has 0 spiro atoms. The van der Waals surface area contributed by atoms with Crippen molar-refractivity contribution >= 4 is 40.8 Å². The van der Waals surface area contributed by atoms with E-state index in [0.717, 1.165) is 18.2 Å². The zero-order valence-corrected chi connectivity index (χ0v) is 21.1. The molecule has 1 aliphatic carbocycles. The smallest absolute Gasteiger partial charge is 0.345 e. The maximum Gasteiger partial charge on any atom is 0.417 e. The first-order valence-electron chi connectivity index (χ1n) is 11.0. The molecule has 1 saturated carbocycles. The van der Waals surface area contributed by atoms with Gasteiger partial charge in [-0.05, 0) is 54.8 Å². The Morgan fingerprint density at radius 2 is 1.50 bits per heavy atom. The first kappa shape index (κ1) is 31.5. The molecule has 2 aromatic rings. The fourth-order valence-electron chi connectivity index (χ4n) is 3.67. The zero-order chi connectivity index (χ0) is 30.3. The van der Waals surface area contributed by atoms with Gasteiger partial charge in [-0.2, -0.15) is 39.5 Å². The SMILES string of the molecule is O=C(NC1(C(=O)NCC(F)(F)F)CC1)c1ccc(C(F)=CC(c2cc(Cl)cc(Cl)c2)C(F)(F)F)cc1C(F)(F)F. The standard InChI is InChI=1S/C24H16Cl2F10N2O2/c25-13-5-12(6-14(26)8-13)16(23(31,32)33)9-18(27)11-1-2-15(17(7-11)24(34,35)36)19(39)38-21(3-4-21)20(40)37-10-22(28,29)30/h1-2,5-9,16H,3-4,10H2,(H,37,40)(H,38,39). The molecule has 218 valence electrons. The lowest BCUT2D eigenvalue weighted by molar-refractivity contribution is -0.140. The highest BCUT2D eigenvalue weighted by atomic mass is 35.5. The van der Waals surface area contributed by atoms with Crippen LogP contribution in [0.5, 0.6) is 0 Å². The Bertz CT molecular complexity index is 1310. The van der Waals surface area contributed by atoms with E-state index in [1.54, 1.807) is 0 Å². The molecular formula is C24H16Cl2F10N2O2. The van der Waals surface area contributed by atoms with Gasteiger partial charge in [0.15, 0.2) is 0 Å². The molecule has 1 aliphatic rings. The molecule has 40 heavy (non-hydrogen) atoms. The van der Waals surface area contributed by atoms with E-state index in [0.29, 0.717) is 12.1 Å². The minimum Gasteiger partial charge on any atom is -0.345 e. The molecule has 3 rings (SSSR count). The lowest BCUT2D eigenvalue weighted by Gasteiger charge is -2.20. The Hall–Kier alpha value is -3.00. The number of hydrogen-bond donors (Lipinski definition) is 2. The Morgan fingerprint density at radius 1 is 0.925 bits per heavy atom. The van der Waals surface area contributed by atoms with Gasteiger partial charge in [-0.3, -0.25) is 9.59 Å².